The number of aromatic nitrogens is 2. The van der Waals surface area contributed by atoms with Crippen molar-refractivity contribution in [3.05, 3.63) is 36.3 Å². The lowest BCUT2D eigenvalue weighted by atomic mass is 9.90. The Morgan fingerprint density at radius 2 is 1.87 bits per heavy atom. The molecule has 0 spiro atoms. The molecule has 9 heteroatoms. The van der Waals surface area contributed by atoms with Gasteiger partial charge in [0, 0.05) is 37.7 Å². The first-order chi connectivity index (χ1) is 14.3. The number of Topliss-reactive ketones (excluding diaryl/α,β-unsaturated/α-hetero) is 1. The van der Waals surface area contributed by atoms with Gasteiger partial charge in [0.15, 0.2) is 16.5 Å². The summed E-state index contributed by atoms with van der Waals surface area (Å²) in [7, 11) is -3.63. The number of piperidine rings is 1. The number of nitrogens with zero attached hydrogens (tertiary/aromatic N) is 3. The summed E-state index contributed by atoms with van der Waals surface area (Å²) in [5.74, 6) is 1.37. The van der Waals surface area contributed by atoms with Crippen LogP contribution in [-0.4, -0.2) is 54.4 Å². The van der Waals surface area contributed by atoms with E-state index in [1.807, 2.05) is 32.0 Å². The van der Waals surface area contributed by atoms with E-state index in [0.29, 0.717) is 57.1 Å². The van der Waals surface area contributed by atoms with Crippen LogP contribution in [0.5, 0.6) is 11.5 Å². The van der Waals surface area contributed by atoms with Crippen LogP contribution in [0, 0.1) is 5.92 Å². The molecule has 4 rings (SSSR count). The van der Waals surface area contributed by atoms with Crippen LogP contribution in [0.1, 0.15) is 38.3 Å². The van der Waals surface area contributed by atoms with Gasteiger partial charge in [-0.3, -0.25) is 4.79 Å². The van der Waals surface area contributed by atoms with E-state index in [0.717, 1.165) is 5.56 Å². The zero-order valence-corrected chi connectivity index (χ0v) is 18.1. The highest BCUT2D eigenvalue weighted by Crippen LogP contribution is 2.32. The fourth-order valence-electron chi connectivity index (χ4n) is 3.83. The monoisotopic (exact) mass is 433 g/mol. The predicted octanol–water partition coefficient (Wildman–Crippen LogP) is 2.45. The Kier molecular flexibility index (Phi) is 5.84. The van der Waals surface area contributed by atoms with E-state index in [9.17, 15) is 13.2 Å². The molecule has 3 heterocycles. The number of carbonyl (C=O) groups is 1. The van der Waals surface area contributed by atoms with Crippen LogP contribution < -0.4 is 9.47 Å². The number of hydrogen-bond donors (Lipinski definition) is 0. The number of sulfonamides is 1. The summed E-state index contributed by atoms with van der Waals surface area (Å²) in [6, 6.07) is 5.72. The normalized spacial score (nSPS) is 18.0. The van der Waals surface area contributed by atoms with Crippen molar-refractivity contribution < 1.29 is 22.7 Å². The Labute approximate surface area is 176 Å². The molecule has 0 N–H and O–H groups in total. The lowest BCUT2D eigenvalue weighted by molar-refractivity contribution is -0.123. The minimum absolute atomic E-state index is 0.0669. The number of ether oxygens (including phenoxy) is 2. The lowest BCUT2D eigenvalue weighted by Gasteiger charge is -2.30. The van der Waals surface area contributed by atoms with Gasteiger partial charge in [0.2, 0.25) is 0 Å². The molecule has 1 fully saturated rings. The number of ketones is 1. The number of imidazole rings is 1. The van der Waals surface area contributed by atoms with Gasteiger partial charge in [-0.2, -0.15) is 4.31 Å². The summed E-state index contributed by atoms with van der Waals surface area (Å²) >= 11 is 0. The van der Waals surface area contributed by atoms with Crippen LogP contribution in [0.25, 0.3) is 0 Å². The zero-order chi connectivity index (χ0) is 21.3. The number of carbonyl (C=O) groups excluding carboxylic acids is 1. The highest BCUT2D eigenvalue weighted by atomic mass is 32.2. The van der Waals surface area contributed by atoms with Crippen molar-refractivity contribution in [3.63, 3.8) is 0 Å². The van der Waals surface area contributed by atoms with Crippen LogP contribution in [-0.2, 0) is 21.2 Å². The minimum atomic E-state index is -3.63. The van der Waals surface area contributed by atoms with Crippen molar-refractivity contribution >= 4 is 15.8 Å². The molecule has 1 aromatic carbocycles. The number of rotatable bonds is 6. The van der Waals surface area contributed by atoms with Gasteiger partial charge in [0.05, 0.1) is 6.33 Å². The summed E-state index contributed by atoms with van der Waals surface area (Å²) in [4.78, 5) is 16.9. The Morgan fingerprint density at radius 3 is 2.53 bits per heavy atom. The molecule has 2 aliphatic rings. The van der Waals surface area contributed by atoms with Crippen LogP contribution in [0.15, 0.2) is 35.7 Å². The van der Waals surface area contributed by atoms with Gasteiger partial charge < -0.3 is 14.0 Å². The predicted molar refractivity (Wildman–Crippen MR) is 110 cm³/mol. The number of hydrogen-bond acceptors (Lipinski definition) is 6. The van der Waals surface area contributed by atoms with Crippen molar-refractivity contribution in [2.24, 2.45) is 5.92 Å². The SMILES string of the molecule is CC(C)n1cnc(S(=O)(=O)N2CCC(C(=O)Cc3ccc4c(c3)OCCO4)CC2)c1. The fraction of sp³-hybridized carbons (Fsp3) is 0.524. The molecule has 1 aromatic heterocycles. The Hall–Kier alpha value is -2.39. The number of fused-ring (bicyclic) bond motifs is 1. The van der Waals surface area contributed by atoms with E-state index < -0.39 is 10.0 Å². The van der Waals surface area contributed by atoms with Crippen molar-refractivity contribution in [1.29, 1.82) is 0 Å². The van der Waals surface area contributed by atoms with Gasteiger partial charge in [-0.1, -0.05) is 6.07 Å². The van der Waals surface area contributed by atoms with Gasteiger partial charge >= 0.3 is 0 Å². The molecule has 2 aliphatic heterocycles. The molecule has 162 valence electrons. The number of benzene rings is 1. The second-order valence-electron chi connectivity index (χ2n) is 8.05. The first kappa shape index (κ1) is 20.9. The minimum Gasteiger partial charge on any atom is -0.486 e. The first-order valence-corrected chi connectivity index (χ1v) is 11.7. The second kappa shape index (κ2) is 8.39. The smallest absolute Gasteiger partial charge is 0.262 e. The standard InChI is InChI=1S/C21H27N3O5S/c1-15(2)23-13-21(22-14-23)30(26,27)24-7-5-17(6-8-24)18(25)11-16-3-4-19-20(12-16)29-10-9-28-19/h3-4,12-15,17H,5-11H2,1-2H3. The van der Waals surface area contributed by atoms with Gasteiger partial charge in [0.25, 0.3) is 10.0 Å². The molecule has 30 heavy (non-hydrogen) atoms. The molecule has 0 bridgehead atoms. The van der Waals surface area contributed by atoms with Gasteiger partial charge in [-0.05, 0) is 44.4 Å². The third kappa shape index (κ3) is 4.22. The van der Waals surface area contributed by atoms with Crippen molar-refractivity contribution in [3.8, 4) is 11.5 Å². The van der Waals surface area contributed by atoms with E-state index in [-0.39, 0.29) is 22.8 Å². The topological polar surface area (TPSA) is 90.7 Å². The molecule has 0 saturated carbocycles. The van der Waals surface area contributed by atoms with Gasteiger partial charge in [0.1, 0.15) is 19.0 Å². The average molecular weight is 434 g/mol. The van der Waals surface area contributed by atoms with Crippen LogP contribution in [0.4, 0.5) is 0 Å². The van der Waals surface area contributed by atoms with E-state index >= 15 is 0 Å². The molecule has 0 amide bonds. The summed E-state index contributed by atoms with van der Waals surface area (Å²) < 4.78 is 40.0. The van der Waals surface area contributed by atoms with Crippen LogP contribution >= 0.6 is 0 Å². The van der Waals surface area contributed by atoms with E-state index in [4.69, 9.17) is 9.47 Å². The Bertz CT molecular complexity index is 1020. The third-order valence-electron chi connectivity index (χ3n) is 5.67. The molecule has 0 radical (unpaired) electrons. The summed E-state index contributed by atoms with van der Waals surface area (Å²) in [5.41, 5.74) is 0.888. The second-order valence-corrected chi connectivity index (χ2v) is 9.94. The summed E-state index contributed by atoms with van der Waals surface area (Å²) in [6.45, 7) is 5.63. The molecule has 0 unspecified atom stereocenters. The Morgan fingerprint density at radius 1 is 1.17 bits per heavy atom. The molecular weight excluding hydrogens is 406 g/mol. The van der Waals surface area contributed by atoms with Crippen LogP contribution in [0.2, 0.25) is 0 Å². The van der Waals surface area contributed by atoms with E-state index in [2.05, 4.69) is 4.98 Å². The zero-order valence-electron chi connectivity index (χ0n) is 17.3. The first-order valence-electron chi connectivity index (χ1n) is 10.3. The van der Waals surface area contributed by atoms with Gasteiger partial charge in [-0.25, -0.2) is 13.4 Å². The molecule has 8 nitrogen and oxygen atoms in total. The Balaban J connectivity index is 1.36. The van der Waals surface area contributed by atoms with Crippen molar-refractivity contribution in [2.75, 3.05) is 26.3 Å². The third-order valence-corrected chi connectivity index (χ3v) is 7.46. The largest absolute Gasteiger partial charge is 0.486 e. The highest BCUT2D eigenvalue weighted by molar-refractivity contribution is 7.89. The molecule has 2 aromatic rings. The molecule has 0 atom stereocenters. The lowest BCUT2D eigenvalue weighted by Crippen LogP contribution is -2.40. The van der Waals surface area contributed by atoms with E-state index in [1.54, 1.807) is 17.1 Å². The molecule has 1 saturated heterocycles. The molecular formula is C21H27N3O5S. The quantitative estimate of drug-likeness (QED) is 0.695. The maximum Gasteiger partial charge on any atom is 0.262 e. The summed E-state index contributed by atoms with van der Waals surface area (Å²) in [5, 5.41) is 0.0669. The average Bonchev–Trinajstić information content (AvgIpc) is 3.25. The van der Waals surface area contributed by atoms with Crippen molar-refractivity contribution in [2.45, 2.75) is 44.2 Å². The maximum absolute atomic E-state index is 12.9. The summed E-state index contributed by atoms with van der Waals surface area (Å²) in [6.07, 6.45) is 4.47. The van der Waals surface area contributed by atoms with Crippen LogP contribution in [0.3, 0.4) is 0 Å². The van der Waals surface area contributed by atoms with Crippen molar-refractivity contribution in [1.82, 2.24) is 13.9 Å². The highest BCUT2D eigenvalue weighted by Gasteiger charge is 2.33. The van der Waals surface area contributed by atoms with E-state index in [1.165, 1.54) is 4.31 Å². The van der Waals surface area contributed by atoms with Gasteiger partial charge in [-0.15, -0.1) is 0 Å². The maximum atomic E-state index is 12.9. The fourth-order valence-corrected chi connectivity index (χ4v) is 5.22. The molecule has 0 aliphatic carbocycles.